The Kier molecular flexibility index (Phi) is 2.40. The third-order valence-corrected chi connectivity index (χ3v) is 3.67. The number of nitrogen functional groups attached to an aromatic ring is 1. The van der Waals surface area contributed by atoms with Crippen molar-refractivity contribution < 1.29 is 0 Å². The number of rotatable bonds is 1. The lowest BCUT2D eigenvalue weighted by molar-refractivity contribution is 0.799. The summed E-state index contributed by atoms with van der Waals surface area (Å²) in [6, 6.07) is 0. The van der Waals surface area contributed by atoms with E-state index >= 15 is 0 Å². The van der Waals surface area contributed by atoms with Gasteiger partial charge in [0.25, 0.3) is 0 Å². The van der Waals surface area contributed by atoms with E-state index in [2.05, 4.69) is 33.3 Å². The van der Waals surface area contributed by atoms with Gasteiger partial charge >= 0.3 is 0 Å². The van der Waals surface area contributed by atoms with Gasteiger partial charge in [-0.05, 0) is 12.3 Å². The maximum atomic E-state index is 5.63. The van der Waals surface area contributed by atoms with E-state index in [1.807, 2.05) is 6.21 Å². The van der Waals surface area contributed by atoms with Gasteiger partial charge in [-0.3, -0.25) is 4.99 Å². The molecule has 4 nitrogen and oxygen atoms in total. The standard InChI is InChI=1S/C12H12N4S/c1-7-2-3-9(14-4-7)8-6-17-10-5-15-12(13)16-11(8)10/h3-7H,2H2,1H3,(H2,13,15,16). The van der Waals surface area contributed by atoms with Gasteiger partial charge in [-0.2, -0.15) is 0 Å². The van der Waals surface area contributed by atoms with E-state index in [1.54, 1.807) is 17.5 Å². The van der Waals surface area contributed by atoms with E-state index < -0.39 is 0 Å². The zero-order valence-corrected chi connectivity index (χ0v) is 10.2. The van der Waals surface area contributed by atoms with Crippen LogP contribution in [0.3, 0.4) is 0 Å². The zero-order chi connectivity index (χ0) is 11.8. The number of hydrogen-bond donors (Lipinski definition) is 1. The van der Waals surface area contributed by atoms with Crippen LogP contribution in [0.2, 0.25) is 0 Å². The molecule has 2 aromatic rings. The fourth-order valence-electron chi connectivity index (χ4n) is 1.82. The van der Waals surface area contributed by atoms with Crippen molar-refractivity contribution in [3.63, 3.8) is 0 Å². The quantitative estimate of drug-likeness (QED) is 0.838. The van der Waals surface area contributed by atoms with Crippen LogP contribution in [0.4, 0.5) is 5.95 Å². The normalized spacial score (nSPS) is 19.6. The summed E-state index contributed by atoms with van der Waals surface area (Å²) >= 11 is 1.62. The minimum atomic E-state index is 0.311. The van der Waals surface area contributed by atoms with Gasteiger partial charge in [-0.25, -0.2) is 9.97 Å². The summed E-state index contributed by atoms with van der Waals surface area (Å²) in [6.45, 7) is 2.16. The Balaban J connectivity index is 2.12. The second-order valence-corrected chi connectivity index (χ2v) is 5.08. The molecular weight excluding hydrogens is 232 g/mol. The Hall–Kier alpha value is -1.75. The van der Waals surface area contributed by atoms with Crippen molar-refractivity contribution in [3.8, 4) is 0 Å². The van der Waals surface area contributed by atoms with E-state index in [9.17, 15) is 0 Å². The molecule has 2 N–H and O–H groups in total. The largest absolute Gasteiger partial charge is 0.368 e. The number of nitrogens with two attached hydrogens (primary N) is 1. The minimum absolute atomic E-state index is 0.311. The van der Waals surface area contributed by atoms with Gasteiger partial charge < -0.3 is 5.73 Å². The van der Waals surface area contributed by atoms with Crippen LogP contribution in [-0.2, 0) is 0 Å². The predicted molar refractivity (Wildman–Crippen MR) is 72.1 cm³/mol. The second-order valence-electron chi connectivity index (χ2n) is 4.17. The SMILES string of the molecule is CC1C=NC(c2csc3cnc(N)nc23)=CC1. The number of nitrogens with zero attached hydrogens (tertiary/aromatic N) is 3. The summed E-state index contributed by atoms with van der Waals surface area (Å²) in [5, 5.41) is 2.07. The number of aliphatic imine (C=N–C) groups is 1. The molecule has 0 spiro atoms. The van der Waals surface area contributed by atoms with Gasteiger partial charge in [0.15, 0.2) is 0 Å². The fourth-order valence-corrected chi connectivity index (χ4v) is 2.68. The number of thiophene rings is 1. The molecular formula is C12H12N4S. The van der Waals surface area contributed by atoms with Crippen molar-refractivity contribution in [2.45, 2.75) is 13.3 Å². The summed E-state index contributed by atoms with van der Waals surface area (Å²) in [7, 11) is 0. The molecule has 0 bridgehead atoms. The number of fused-ring (bicyclic) bond motifs is 1. The molecule has 86 valence electrons. The molecule has 1 aliphatic rings. The van der Waals surface area contributed by atoms with Gasteiger partial charge in [-0.15, -0.1) is 11.3 Å². The minimum Gasteiger partial charge on any atom is -0.368 e. The maximum absolute atomic E-state index is 5.63. The smallest absolute Gasteiger partial charge is 0.220 e. The van der Waals surface area contributed by atoms with Gasteiger partial charge in [0.2, 0.25) is 5.95 Å². The molecule has 0 amide bonds. The first kappa shape index (κ1) is 10.4. The highest BCUT2D eigenvalue weighted by atomic mass is 32.1. The third kappa shape index (κ3) is 1.82. The lowest BCUT2D eigenvalue weighted by Crippen LogP contribution is -2.00. The lowest BCUT2D eigenvalue weighted by atomic mass is 10.0. The van der Waals surface area contributed by atoms with E-state index in [-0.39, 0.29) is 0 Å². The molecule has 3 rings (SSSR count). The number of hydrogen-bond acceptors (Lipinski definition) is 5. The Morgan fingerprint density at radius 3 is 3.12 bits per heavy atom. The zero-order valence-electron chi connectivity index (χ0n) is 9.42. The van der Waals surface area contributed by atoms with E-state index in [0.29, 0.717) is 11.9 Å². The summed E-state index contributed by atoms with van der Waals surface area (Å²) in [5.74, 6) is 0.828. The van der Waals surface area contributed by atoms with Crippen molar-refractivity contribution in [1.29, 1.82) is 0 Å². The molecule has 0 aliphatic carbocycles. The van der Waals surface area contributed by atoms with Gasteiger partial charge in [0.05, 0.1) is 22.1 Å². The summed E-state index contributed by atoms with van der Waals surface area (Å²) in [6.07, 6.45) is 6.94. The molecule has 17 heavy (non-hydrogen) atoms. The molecule has 0 aromatic carbocycles. The molecule has 0 saturated heterocycles. The summed E-state index contributed by atoms with van der Waals surface area (Å²) < 4.78 is 1.05. The molecule has 1 aliphatic heterocycles. The van der Waals surface area contributed by atoms with Crippen LogP contribution in [0.25, 0.3) is 15.9 Å². The predicted octanol–water partition coefficient (Wildman–Crippen LogP) is 2.73. The fraction of sp³-hybridized carbons (Fsp3) is 0.250. The Bertz CT molecular complexity index is 626. The van der Waals surface area contributed by atoms with Gasteiger partial charge in [0, 0.05) is 17.2 Å². The average molecular weight is 244 g/mol. The van der Waals surface area contributed by atoms with Crippen molar-refractivity contribution in [1.82, 2.24) is 9.97 Å². The lowest BCUT2D eigenvalue weighted by Gasteiger charge is -2.09. The van der Waals surface area contributed by atoms with Gasteiger partial charge in [-0.1, -0.05) is 13.0 Å². The maximum Gasteiger partial charge on any atom is 0.220 e. The molecule has 1 atom stereocenters. The molecule has 1 unspecified atom stereocenters. The van der Waals surface area contributed by atoms with Crippen LogP contribution in [0.1, 0.15) is 18.9 Å². The summed E-state index contributed by atoms with van der Waals surface area (Å²) in [5.41, 5.74) is 8.58. The van der Waals surface area contributed by atoms with E-state index in [1.165, 1.54) is 0 Å². The van der Waals surface area contributed by atoms with Crippen LogP contribution in [0, 0.1) is 5.92 Å². The van der Waals surface area contributed by atoms with Gasteiger partial charge in [0.1, 0.15) is 0 Å². The number of allylic oxidation sites excluding steroid dienone is 1. The molecule has 0 saturated carbocycles. The topological polar surface area (TPSA) is 64.2 Å². The van der Waals surface area contributed by atoms with Crippen LogP contribution in [-0.4, -0.2) is 16.2 Å². The number of aromatic nitrogens is 2. The molecule has 0 radical (unpaired) electrons. The first-order valence-corrected chi connectivity index (χ1v) is 6.36. The van der Waals surface area contributed by atoms with Crippen molar-refractivity contribution >= 4 is 39.4 Å². The highest BCUT2D eigenvalue weighted by Crippen LogP contribution is 2.31. The van der Waals surface area contributed by atoms with Crippen LogP contribution >= 0.6 is 11.3 Å². The number of anilines is 1. The Morgan fingerprint density at radius 2 is 2.35 bits per heavy atom. The van der Waals surface area contributed by atoms with E-state index in [4.69, 9.17) is 5.73 Å². The molecule has 3 heterocycles. The average Bonchev–Trinajstić information content (AvgIpc) is 2.73. The monoisotopic (exact) mass is 244 g/mol. The highest BCUT2D eigenvalue weighted by Gasteiger charge is 2.13. The van der Waals surface area contributed by atoms with Crippen molar-refractivity contribution in [3.05, 3.63) is 23.2 Å². The Labute approximate surface area is 103 Å². The van der Waals surface area contributed by atoms with Crippen molar-refractivity contribution in [2.75, 3.05) is 5.73 Å². The van der Waals surface area contributed by atoms with Crippen LogP contribution in [0.5, 0.6) is 0 Å². The highest BCUT2D eigenvalue weighted by molar-refractivity contribution is 7.17. The van der Waals surface area contributed by atoms with Crippen LogP contribution < -0.4 is 5.73 Å². The first-order valence-electron chi connectivity index (χ1n) is 5.48. The molecule has 5 heteroatoms. The second kappa shape index (κ2) is 3.92. The van der Waals surface area contributed by atoms with E-state index in [0.717, 1.165) is 27.9 Å². The molecule has 0 fully saturated rings. The first-order chi connectivity index (χ1) is 8.24. The third-order valence-electron chi connectivity index (χ3n) is 2.76. The Morgan fingerprint density at radius 1 is 1.47 bits per heavy atom. The molecule has 2 aromatic heterocycles. The summed E-state index contributed by atoms with van der Waals surface area (Å²) in [4.78, 5) is 12.8. The van der Waals surface area contributed by atoms with Crippen LogP contribution in [0.15, 0.2) is 22.6 Å². The van der Waals surface area contributed by atoms with Crippen molar-refractivity contribution in [2.24, 2.45) is 10.9 Å².